The highest BCUT2D eigenvalue weighted by Gasteiger charge is 1.99. The maximum atomic E-state index is 10.8. The Morgan fingerprint density at radius 3 is 2.77 bits per heavy atom. The van der Waals surface area contributed by atoms with Gasteiger partial charge in [0.1, 0.15) is 0 Å². The number of hydrogen-bond acceptors (Lipinski definition) is 4. The molecule has 78 valence electrons. The quantitative estimate of drug-likeness (QED) is 0.444. The molecular formula is C9H20N2O2. The molecule has 0 saturated carbocycles. The second-order valence-corrected chi connectivity index (χ2v) is 3.22. The Bertz CT molecular complexity index is 138. The summed E-state index contributed by atoms with van der Waals surface area (Å²) < 4.78 is 4.92. The molecule has 0 rings (SSSR count). The normalized spacial score (nSPS) is 12.5. The number of nitrogens with one attached hydrogen (secondary N) is 1. The van der Waals surface area contributed by atoms with E-state index in [0.717, 1.165) is 19.3 Å². The van der Waals surface area contributed by atoms with Crippen LogP contribution in [0.4, 0.5) is 0 Å². The van der Waals surface area contributed by atoms with Crippen LogP contribution in [-0.2, 0) is 9.53 Å². The van der Waals surface area contributed by atoms with E-state index >= 15 is 0 Å². The van der Waals surface area contributed by atoms with Crippen LogP contribution in [0.2, 0.25) is 0 Å². The van der Waals surface area contributed by atoms with Gasteiger partial charge in [0.15, 0.2) is 0 Å². The molecule has 1 unspecified atom stereocenters. The molecule has 0 bridgehead atoms. The molecule has 0 aliphatic carbocycles. The molecule has 1 atom stereocenters. The molecule has 0 aliphatic heterocycles. The minimum atomic E-state index is -0.191. The number of ether oxygens (including phenoxy) is 1. The van der Waals surface area contributed by atoms with Crippen molar-refractivity contribution in [3.63, 3.8) is 0 Å². The Kier molecular flexibility index (Phi) is 7.63. The average molecular weight is 188 g/mol. The minimum absolute atomic E-state index is 0.191. The highest BCUT2D eigenvalue weighted by molar-refractivity contribution is 5.71. The van der Waals surface area contributed by atoms with Gasteiger partial charge in [-0.15, -0.1) is 0 Å². The van der Waals surface area contributed by atoms with Gasteiger partial charge in [0.2, 0.25) is 0 Å². The Labute approximate surface area is 79.8 Å². The molecule has 0 fully saturated rings. The summed E-state index contributed by atoms with van der Waals surface area (Å²) in [6.45, 7) is 2.77. The van der Waals surface area contributed by atoms with Gasteiger partial charge < -0.3 is 15.8 Å². The molecule has 0 aromatic rings. The number of carbonyl (C=O) groups excluding carboxylic acids is 1. The smallest absolute Gasteiger partial charge is 0.319 e. The largest absolute Gasteiger partial charge is 0.465 e. The molecule has 0 amide bonds. The minimum Gasteiger partial charge on any atom is -0.465 e. The number of likely N-dealkylation sites (N-methyl/N-ethyl adjacent to an activating group) is 1. The van der Waals surface area contributed by atoms with Crippen molar-refractivity contribution in [1.82, 2.24) is 5.32 Å². The summed E-state index contributed by atoms with van der Waals surface area (Å²) in [5, 5.41) is 2.73. The van der Waals surface area contributed by atoms with Gasteiger partial charge in [-0.2, -0.15) is 0 Å². The van der Waals surface area contributed by atoms with Crippen LogP contribution in [0.1, 0.15) is 26.2 Å². The third kappa shape index (κ3) is 9.30. The lowest BCUT2D eigenvalue weighted by molar-refractivity contribution is -0.142. The first-order chi connectivity index (χ1) is 6.16. The number of hydrogen-bond donors (Lipinski definition) is 2. The molecule has 0 saturated heterocycles. The first-order valence-electron chi connectivity index (χ1n) is 4.72. The number of rotatable bonds is 7. The molecule has 0 aliphatic rings. The molecular weight excluding hydrogens is 168 g/mol. The monoisotopic (exact) mass is 188 g/mol. The number of nitrogens with two attached hydrogens (primary N) is 1. The maximum Gasteiger partial charge on any atom is 0.319 e. The Morgan fingerprint density at radius 2 is 2.23 bits per heavy atom. The van der Waals surface area contributed by atoms with Crippen LogP contribution in [0.15, 0.2) is 0 Å². The molecule has 13 heavy (non-hydrogen) atoms. The summed E-state index contributed by atoms with van der Waals surface area (Å²) in [5.74, 6) is -0.191. The summed E-state index contributed by atoms with van der Waals surface area (Å²) in [7, 11) is 1.72. The lowest BCUT2D eigenvalue weighted by atomic mass is 10.1. The van der Waals surface area contributed by atoms with Crippen LogP contribution in [0.25, 0.3) is 0 Å². The molecule has 0 radical (unpaired) electrons. The Hall–Kier alpha value is -0.610. The third-order valence-corrected chi connectivity index (χ3v) is 1.64. The van der Waals surface area contributed by atoms with Crippen molar-refractivity contribution < 1.29 is 9.53 Å². The van der Waals surface area contributed by atoms with Crippen LogP contribution in [0.3, 0.4) is 0 Å². The van der Waals surface area contributed by atoms with E-state index in [2.05, 4.69) is 5.32 Å². The van der Waals surface area contributed by atoms with Crippen LogP contribution < -0.4 is 11.1 Å². The highest BCUT2D eigenvalue weighted by atomic mass is 16.5. The zero-order valence-corrected chi connectivity index (χ0v) is 8.51. The summed E-state index contributed by atoms with van der Waals surface area (Å²) >= 11 is 0. The fourth-order valence-electron chi connectivity index (χ4n) is 0.950. The molecule has 4 nitrogen and oxygen atoms in total. The lowest BCUT2D eigenvalue weighted by Gasteiger charge is -2.05. The van der Waals surface area contributed by atoms with E-state index in [9.17, 15) is 4.79 Å². The van der Waals surface area contributed by atoms with Crippen LogP contribution in [0.5, 0.6) is 0 Å². The second-order valence-electron chi connectivity index (χ2n) is 3.22. The zero-order valence-electron chi connectivity index (χ0n) is 8.51. The summed E-state index contributed by atoms with van der Waals surface area (Å²) in [6, 6.07) is 0.244. The van der Waals surface area contributed by atoms with Gasteiger partial charge in [-0.1, -0.05) is 0 Å². The van der Waals surface area contributed by atoms with E-state index in [0.29, 0.717) is 6.61 Å². The predicted molar refractivity (Wildman–Crippen MR) is 52.4 cm³/mol. The molecule has 3 N–H and O–H groups in total. The predicted octanol–water partition coefficient (Wildman–Crippen LogP) is 0.267. The number of esters is 1. The molecule has 0 aromatic carbocycles. The Balaban J connectivity index is 3.11. The van der Waals surface area contributed by atoms with E-state index in [-0.39, 0.29) is 18.6 Å². The van der Waals surface area contributed by atoms with E-state index in [1.165, 1.54) is 0 Å². The van der Waals surface area contributed by atoms with Gasteiger partial charge >= 0.3 is 5.97 Å². The number of unbranched alkanes of at least 4 members (excludes halogenated alkanes) is 1. The summed E-state index contributed by atoms with van der Waals surface area (Å²) in [6.07, 6.45) is 2.91. The van der Waals surface area contributed by atoms with E-state index in [1.54, 1.807) is 7.05 Å². The molecule has 0 spiro atoms. The van der Waals surface area contributed by atoms with Crippen LogP contribution in [0, 0.1) is 0 Å². The van der Waals surface area contributed by atoms with Crippen molar-refractivity contribution in [2.75, 3.05) is 20.2 Å². The van der Waals surface area contributed by atoms with Crippen molar-refractivity contribution in [3.05, 3.63) is 0 Å². The first kappa shape index (κ1) is 12.4. The van der Waals surface area contributed by atoms with Gasteiger partial charge in [0.25, 0.3) is 0 Å². The second kappa shape index (κ2) is 8.01. The van der Waals surface area contributed by atoms with Crippen molar-refractivity contribution >= 4 is 5.97 Å². The zero-order chi connectivity index (χ0) is 10.1. The lowest BCUT2D eigenvalue weighted by Crippen LogP contribution is -2.21. The van der Waals surface area contributed by atoms with Crippen molar-refractivity contribution in [3.8, 4) is 0 Å². The summed E-state index contributed by atoms with van der Waals surface area (Å²) in [4.78, 5) is 10.8. The van der Waals surface area contributed by atoms with E-state index in [4.69, 9.17) is 10.5 Å². The Morgan fingerprint density at radius 1 is 1.54 bits per heavy atom. The fraction of sp³-hybridized carbons (Fsp3) is 0.889. The topological polar surface area (TPSA) is 64.3 Å². The van der Waals surface area contributed by atoms with Crippen molar-refractivity contribution in [2.24, 2.45) is 5.73 Å². The van der Waals surface area contributed by atoms with Gasteiger partial charge in [-0.05, 0) is 33.2 Å². The standard InChI is InChI=1S/C9H20N2O2/c1-8(10)5-3-4-6-13-9(12)7-11-2/h8,11H,3-7,10H2,1-2H3. The molecule has 4 heteroatoms. The van der Waals surface area contributed by atoms with Crippen LogP contribution in [-0.4, -0.2) is 32.2 Å². The van der Waals surface area contributed by atoms with Gasteiger partial charge in [-0.25, -0.2) is 0 Å². The molecule has 0 heterocycles. The highest BCUT2D eigenvalue weighted by Crippen LogP contribution is 1.98. The van der Waals surface area contributed by atoms with Gasteiger partial charge in [-0.3, -0.25) is 4.79 Å². The fourth-order valence-corrected chi connectivity index (χ4v) is 0.950. The number of carbonyl (C=O) groups is 1. The average Bonchev–Trinajstić information content (AvgIpc) is 2.03. The van der Waals surface area contributed by atoms with E-state index in [1.807, 2.05) is 6.92 Å². The maximum absolute atomic E-state index is 10.8. The van der Waals surface area contributed by atoms with Gasteiger partial charge in [0, 0.05) is 6.04 Å². The molecule has 0 aromatic heterocycles. The third-order valence-electron chi connectivity index (χ3n) is 1.64. The SMILES string of the molecule is CNCC(=O)OCCCCC(C)N. The van der Waals surface area contributed by atoms with Crippen molar-refractivity contribution in [1.29, 1.82) is 0 Å². The first-order valence-corrected chi connectivity index (χ1v) is 4.72. The van der Waals surface area contributed by atoms with Crippen molar-refractivity contribution in [2.45, 2.75) is 32.2 Å². The summed E-state index contributed by atoms with van der Waals surface area (Å²) in [5.41, 5.74) is 5.56. The van der Waals surface area contributed by atoms with Gasteiger partial charge in [0.05, 0.1) is 13.2 Å². The van der Waals surface area contributed by atoms with E-state index < -0.39 is 0 Å². The van der Waals surface area contributed by atoms with Crippen LogP contribution >= 0.6 is 0 Å².